The van der Waals surface area contributed by atoms with Crippen molar-refractivity contribution in [1.82, 2.24) is 9.88 Å². The molecule has 0 saturated carbocycles. The van der Waals surface area contributed by atoms with Crippen LogP contribution >= 0.6 is 11.6 Å². The minimum atomic E-state index is -4.68. The molecule has 0 spiro atoms. The smallest absolute Gasteiger partial charge is 0.417 e. The highest BCUT2D eigenvalue weighted by Gasteiger charge is 2.33. The highest BCUT2D eigenvalue weighted by atomic mass is 35.5. The molecule has 1 heterocycles. The van der Waals surface area contributed by atoms with Gasteiger partial charge < -0.3 is 15.0 Å². The number of benzene rings is 2. The van der Waals surface area contributed by atoms with Crippen molar-refractivity contribution in [2.24, 2.45) is 0 Å². The van der Waals surface area contributed by atoms with E-state index < -0.39 is 47.7 Å². The van der Waals surface area contributed by atoms with Crippen LogP contribution in [0.1, 0.15) is 11.1 Å². The summed E-state index contributed by atoms with van der Waals surface area (Å²) in [5.41, 5.74) is 0.0739. The average molecular weight is 494 g/mol. The van der Waals surface area contributed by atoms with Crippen molar-refractivity contribution < 1.29 is 32.3 Å². The maximum Gasteiger partial charge on any atom is 0.417 e. The highest BCUT2D eigenvalue weighted by Crippen LogP contribution is 2.36. The normalized spacial score (nSPS) is 11.2. The summed E-state index contributed by atoms with van der Waals surface area (Å²) in [6, 6.07) is 11.9. The summed E-state index contributed by atoms with van der Waals surface area (Å²) in [5, 5.41) is 2.63. The molecule has 3 aromatic rings. The van der Waals surface area contributed by atoms with E-state index >= 15 is 0 Å². The summed E-state index contributed by atoms with van der Waals surface area (Å²) in [5.74, 6) is -2.05. The lowest BCUT2D eigenvalue weighted by Gasteiger charge is -2.17. The van der Waals surface area contributed by atoms with Crippen LogP contribution in [0.4, 0.5) is 18.9 Å². The van der Waals surface area contributed by atoms with Gasteiger partial charge in [-0.25, -0.2) is 0 Å². The van der Waals surface area contributed by atoms with E-state index in [4.69, 9.17) is 16.3 Å². The minimum Gasteiger partial charge on any atom is -0.455 e. The van der Waals surface area contributed by atoms with Crippen molar-refractivity contribution in [3.05, 3.63) is 70.9 Å². The molecule has 0 fully saturated rings. The Kier molecular flexibility index (Phi) is 7.72. The van der Waals surface area contributed by atoms with E-state index in [-0.39, 0.29) is 12.1 Å². The highest BCUT2D eigenvalue weighted by molar-refractivity contribution is 6.31. The molecule has 0 radical (unpaired) electrons. The molecule has 7 nitrogen and oxygen atoms in total. The predicted molar refractivity (Wildman–Crippen MR) is 119 cm³/mol. The first-order valence-corrected chi connectivity index (χ1v) is 10.3. The number of hydrogen-bond donors (Lipinski definition) is 1. The molecule has 1 N–H and O–H groups in total. The number of halogens is 4. The Hall–Kier alpha value is -3.66. The number of rotatable bonds is 7. The summed E-state index contributed by atoms with van der Waals surface area (Å²) in [4.78, 5) is 41.8. The average Bonchev–Trinajstić information content (AvgIpc) is 2.78. The zero-order chi connectivity index (χ0) is 24.9. The van der Waals surface area contributed by atoms with Gasteiger partial charge in [0.1, 0.15) is 0 Å². The maximum atomic E-state index is 13.0. The van der Waals surface area contributed by atoms with Crippen LogP contribution in [0.3, 0.4) is 0 Å². The molecule has 178 valence electrons. The van der Waals surface area contributed by atoms with Crippen molar-refractivity contribution in [3.8, 4) is 0 Å². The third kappa shape index (κ3) is 6.44. The molecular weight excluding hydrogens is 475 g/mol. The first-order chi connectivity index (χ1) is 16.0. The SMILES string of the molecule is CN(CC(=O)Nc1ccc(Cl)c(C(F)(F)F)c1)C(=O)COC(=O)Cc1cccc2cccnc12. The number of alkyl halides is 3. The number of likely N-dealkylation sites (N-methyl/N-ethyl adjacent to an activating group) is 1. The second-order valence-electron chi connectivity index (χ2n) is 7.32. The molecule has 2 aromatic carbocycles. The van der Waals surface area contributed by atoms with E-state index in [0.717, 1.165) is 16.4 Å². The van der Waals surface area contributed by atoms with Crippen molar-refractivity contribution in [3.63, 3.8) is 0 Å². The maximum absolute atomic E-state index is 13.0. The van der Waals surface area contributed by atoms with Gasteiger partial charge >= 0.3 is 12.1 Å². The molecule has 3 rings (SSSR count). The van der Waals surface area contributed by atoms with Gasteiger partial charge in [0.05, 0.1) is 29.1 Å². The predicted octanol–water partition coefficient (Wildman–Crippen LogP) is 4.09. The van der Waals surface area contributed by atoms with E-state index in [0.29, 0.717) is 17.1 Å². The van der Waals surface area contributed by atoms with Crippen LogP contribution in [0.15, 0.2) is 54.7 Å². The molecule has 0 bridgehead atoms. The van der Waals surface area contributed by atoms with Crippen LogP contribution < -0.4 is 5.32 Å². The van der Waals surface area contributed by atoms with Gasteiger partial charge in [0.25, 0.3) is 5.91 Å². The number of aromatic nitrogens is 1. The number of ether oxygens (including phenoxy) is 1. The minimum absolute atomic E-state index is 0.0933. The van der Waals surface area contributed by atoms with Crippen LogP contribution in [0, 0.1) is 0 Å². The number of nitrogens with zero attached hydrogens (tertiary/aromatic N) is 2. The van der Waals surface area contributed by atoms with Gasteiger partial charge in [-0.15, -0.1) is 0 Å². The zero-order valence-electron chi connectivity index (χ0n) is 17.9. The van der Waals surface area contributed by atoms with Gasteiger partial charge in [-0.2, -0.15) is 13.2 Å². The number of carbonyl (C=O) groups is 3. The van der Waals surface area contributed by atoms with Crippen LogP contribution in [0.5, 0.6) is 0 Å². The summed E-state index contributed by atoms with van der Waals surface area (Å²) >= 11 is 5.55. The molecule has 0 aliphatic carbocycles. The molecule has 0 aliphatic rings. The largest absolute Gasteiger partial charge is 0.455 e. The number of pyridine rings is 1. The quantitative estimate of drug-likeness (QED) is 0.501. The van der Waals surface area contributed by atoms with Crippen LogP contribution in [0.2, 0.25) is 5.02 Å². The van der Waals surface area contributed by atoms with Crippen molar-refractivity contribution in [1.29, 1.82) is 0 Å². The van der Waals surface area contributed by atoms with E-state index in [1.165, 1.54) is 13.1 Å². The fraction of sp³-hybridized carbons (Fsp3) is 0.217. The lowest BCUT2D eigenvalue weighted by atomic mass is 10.1. The topological polar surface area (TPSA) is 88.6 Å². The molecular formula is C23H19ClF3N3O4. The van der Waals surface area contributed by atoms with Crippen LogP contribution in [-0.2, 0) is 31.7 Å². The van der Waals surface area contributed by atoms with Crippen molar-refractivity contribution in [2.75, 3.05) is 25.5 Å². The van der Waals surface area contributed by atoms with Gasteiger partial charge in [-0.05, 0) is 29.8 Å². The summed E-state index contributed by atoms with van der Waals surface area (Å²) < 4.78 is 43.9. The number of fused-ring (bicyclic) bond motifs is 1. The van der Waals surface area contributed by atoms with Gasteiger partial charge in [0, 0.05) is 24.3 Å². The van der Waals surface area contributed by atoms with Crippen molar-refractivity contribution >= 4 is 46.0 Å². The number of nitrogens with one attached hydrogen (secondary N) is 1. The molecule has 11 heteroatoms. The second kappa shape index (κ2) is 10.5. The lowest BCUT2D eigenvalue weighted by molar-refractivity contribution is -0.151. The number of esters is 1. The Morgan fingerprint density at radius 2 is 1.85 bits per heavy atom. The molecule has 2 amide bonds. The summed E-state index contributed by atoms with van der Waals surface area (Å²) in [6.45, 7) is -1.06. The standard InChI is InChI=1S/C23H19ClF3N3O4/c1-30(12-19(31)29-16-7-8-18(24)17(11-16)23(25,26)27)20(32)13-34-21(33)10-15-5-2-4-14-6-3-9-28-22(14)15/h2-9,11H,10,12-13H2,1H3,(H,29,31). The van der Waals surface area contributed by atoms with Gasteiger partial charge in [0.2, 0.25) is 5.91 Å². The fourth-order valence-corrected chi connectivity index (χ4v) is 3.32. The first kappa shape index (κ1) is 25.0. The number of amides is 2. The summed E-state index contributed by atoms with van der Waals surface area (Å²) in [7, 11) is 1.30. The van der Waals surface area contributed by atoms with E-state index in [1.807, 2.05) is 12.1 Å². The van der Waals surface area contributed by atoms with E-state index in [1.54, 1.807) is 24.4 Å². The van der Waals surface area contributed by atoms with E-state index in [9.17, 15) is 27.6 Å². The molecule has 1 aromatic heterocycles. The zero-order valence-corrected chi connectivity index (χ0v) is 18.6. The van der Waals surface area contributed by atoms with Gasteiger partial charge in [-0.3, -0.25) is 19.4 Å². The molecule has 0 unspecified atom stereocenters. The lowest BCUT2D eigenvalue weighted by Crippen LogP contribution is -2.37. The van der Waals surface area contributed by atoms with Crippen molar-refractivity contribution in [2.45, 2.75) is 12.6 Å². The van der Waals surface area contributed by atoms with Gasteiger partial charge in [-0.1, -0.05) is 35.9 Å². The van der Waals surface area contributed by atoms with Crippen LogP contribution in [0.25, 0.3) is 10.9 Å². The Bertz CT molecular complexity index is 1230. The first-order valence-electron chi connectivity index (χ1n) is 9.93. The Morgan fingerprint density at radius 1 is 1.12 bits per heavy atom. The second-order valence-corrected chi connectivity index (χ2v) is 7.73. The molecule has 34 heavy (non-hydrogen) atoms. The Balaban J connectivity index is 1.51. The number of para-hydroxylation sites is 1. The molecule has 0 atom stereocenters. The summed E-state index contributed by atoms with van der Waals surface area (Å²) in [6.07, 6.45) is -3.17. The third-order valence-corrected chi connectivity index (χ3v) is 5.10. The number of carbonyl (C=O) groups excluding carboxylic acids is 3. The Morgan fingerprint density at radius 3 is 2.59 bits per heavy atom. The molecule has 0 saturated heterocycles. The van der Waals surface area contributed by atoms with E-state index in [2.05, 4.69) is 10.3 Å². The van der Waals surface area contributed by atoms with Gasteiger partial charge in [0.15, 0.2) is 6.61 Å². The monoisotopic (exact) mass is 493 g/mol. The van der Waals surface area contributed by atoms with Crippen LogP contribution in [-0.4, -0.2) is 47.9 Å². The molecule has 0 aliphatic heterocycles. The number of hydrogen-bond acceptors (Lipinski definition) is 5. The number of anilines is 1. The Labute approximate surface area is 197 Å². The third-order valence-electron chi connectivity index (χ3n) is 4.77. The fourth-order valence-electron chi connectivity index (χ4n) is 3.09.